The number of anilines is 1. The van der Waals surface area contributed by atoms with Crippen LogP contribution >= 0.6 is 0 Å². The molecule has 0 bridgehead atoms. The summed E-state index contributed by atoms with van der Waals surface area (Å²) in [5.41, 5.74) is 3.42. The highest BCUT2D eigenvalue weighted by Gasteiger charge is 2.31. The van der Waals surface area contributed by atoms with Crippen molar-refractivity contribution >= 4 is 21.6 Å². The van der Waals surface area contributed by atoms with Crippen LogP contribution in [-0.4, -0.2) is 35.1 Å². The largest absolute Gasteiger partial charge is 0.497 e. The van der Waals surface area contributed by atoms with Gasteiger partial charge in [-0.25, -0.2) is 8.42 Å². The molecule has 0 spiro atoms. The maximum absolute atomic E-state index is 13.7. The molecule has 1 atom stereocenters. The van der Waals surface area contributed by atoms with E-state index in [-0.39, 0.29) is 23.4 Å². The SMILES string of the molecule is COc1ccc2c(c1)CCCC2NC(=O)CN(c1ccccc1OC)S(=O)(=O)c1ccc(C)cc1. The summed E-state index contributed by atoms with van der Waals surface area (Å²) in [6.07, 6.45) is 2.61. The van der Waals surface area contributed by atoms with Crippen LogP contribution in [0, 0.1) is 6.92 Å². The highest BCUT2D eigenvalue weighted by molar-refractivity contribution is 7.92. The molecule has 3 aromatic carbocycles. The number of nitrogens with zero attached hydrogens (tertiary/aromatic N) is 1. The Bertz CT molecular complexity index is 1310. The highest BCUT2D eigenvalue weighted by Crippen LogP contribution is 2.34. The minimum atomic E-state index is -4.03. The lowest BCUT2D eigenvalue weighted by molar-refractivity contribution is -0.120. The van der Waals surface area contributed by atoms with E-state index >= 15 is 0 Å². The molecule has 8 heteroatoms. The van der Waals surface area contributed by atoms with Gasteiger partial charge in [-0.15, -0.1) is 0 Å². The Kier molecular flexibility index (Phi) is 7.31. The number of benzene rings is 3. The number of hydrogen-bond donors (Lipinski definition) is 1. The Morgan fingerprint density at radius 2 is 1.77 bits per heavy atom. The Hall–Kier alpha value is -3.52. The van der Waals surface area contributed by atoms with Gasteiger partial charge in [-0.3, -0.25) is 9.10 Å². The van der Waals surface area contributed by atoms with Crippen LogP contribution in [0.1, 0.15) is 35.6 Å². The van der Waals surface area contributed by atoms with E-state index in [1.165, 1.54) is 7.11 Å². The number of amides is 1. The molecule has 0 heterocycles. The molecule has 0 saturated carbocycles. The number of fused-ring (bicyclic) bond motifs is 1. The molecule has 1 unspecified atom stereocenters. The molecular formula is C27H30N2O5S. The van der Waals surface area contributed by atoms with Gasteiger partial charge in [0, 0.05) is 0 Å². The number of methoxy groups -OCH3 is 2. The summed E-state index contributed by atoms with van der Waals surface area (Å²) in [5, 5.41) is 3.06. The van der Waals surface area contributed by atoms with Crippen LogP contribution in [0.25, 0.3) is 0 Å². The number of nitrogens with one attached hydrogen (secondary N) is 1. The average molecular weight is 495 g/mol. The first kappa shape index (κ1) is 24.6. The van der Waals surface area contributed by atoms with Crippen molar-refractivity contribution in [3.05, 3.63) is 83.4 Å². The fraction of sp³-hybridized carbons (Fsp3) is 0.296. The normalized spacial score (nSPS) is 15.1. The second-order valence-corrected chi connectivity index (χ2v) is 10.4. The third-order valence-corrected chi connectivity index (χ3v) is 8.02. The van der Waals surface area contributed by atoms with E-state index in [9.17, 15) is 13.2 Å². The van der Waals surface area contributed by atoms with E-state index in [1.54, 1.807) is 55.6 Å². The zero-order chi connectivity index (χ0) is 25.0. The first-order valence-corrected chi connectivity index (χ1v) is 13.0. The summed E-state index contributed by atoms with van der Waals surface area (Å²) < 4.78 is 39.2. The molecule has 0 aliphatic heterocycles. The van der Waals surface area contributed by atoms with Crippen LogP contribution in [0.4, 0.5) is 5.69 Å². The Morgan fingerprint density at radius 1 is 1.03 bits per heavy atom. The number of rotatable bonds is 8. The molecule has 0 saturated heterocycles. The first-order valence-electron chi connectivity index (χ1n) is 11.5. The summed E-state index contributed by atoms with van der Waals surface area (Å²) in [7, 11) is -0.928. The summed E-state index contributed by atoms with van der Waals surface area (Å²) >= 11 is 0. The van der Waals surface area contributed by atoms with E-state index < -0.39 is 10.0 Å². The van der Waals surface area contributed by atoms with Gasteiger partial charge in [0.05, 0.1) is 30.8 Å². The van der Waals surface area contributed by atoms with Gasteiger partial charge in [0.15, 0.2) is 0 Å². The van der Waals surface area contributed by atoms with Gasteiger partial charge in [0.1, 0.15) is 18.0 Å². The lowest BCUT2D eigenvalue weighted by Gasteiger charge is -2.29. The summed E-state index contributed by atoms with van der Waals surface area (Å²) in [4.78, 5) is 13.4. The Morgan fingerprint density at radius 3 is 2.49 bits per heavy atom. The fourth-order valence-electron chi connectivity index (χ4n) is 4.41. The quantitative estimate of drug-likeness (QED) is 0.502. The molecule has 1 aliphatic rings. The van der Waals surface area contributed by atoms with Gasteiger partial charge in [-0.1, -0.05) is 35.9 Å². The topological polar surface area (TPSA) is 84.9 Å². The lowest BCUT2D eigenvalue weighted by Crippen LogP contribution is -2.42. The van der Waals surface area contributed by atoms with Gasteiger partial charge >= 0.3 is 0 Å². The Balaban J connectivity index is 1.64. The second-order valence-electron chi connectivity index (χ2n) is 8.57. The molecule has 0 fully saturated rings. The molecular weight excluding hydrogens is 464 g/mol. The van der Waals surface area contributed by atoms with E-state index in [4.69, 9.17) is 9.47 Å². The molecule has 0 radical (unpaired) electrons. The maximum Gasteiger partial charge on any atom is 0.264 e. The second kappa shape index (κ2) is 10.4. The van der Waals surface area contributed by atoms with Crippen LogP contribution in [0.5, 0.6) is 11.5 Å². The van der Waals surface area contributed by atoms with Crippen molar-refractivity contribution in [2.24, 2.45) is 0 Å². The minimum Gasteiger partial charge on any atom is -0.497 e. The van der Waals surface area contributed by atoms with Crippen molar-refractivity contribution in [2.75, 3.05) is 25.1 Å². The van der Waals surface area contributed by atoms with Gasteiger partial charge in [-0.05, 0) is 73.7 Å². The number of aryl methyl sites for hydroxylation is 2. The predicted octanol–water partition coefficient (Wildman–Crippen LogP) is 4.40. The molecule has 0 aromatic heterocycles. The standard InChI is InChI=1S/C27H30N2O5S/c1-19-11-14-22(15-12-19)35(31,32)29(25-9-4-5-10-26(25)34-3)18-27(30)28-24-8-6-7-20-17-21(33-2)13-16-23(20)24/h4-5,9-17,24H,6-8,18H2,1-3H3,(H,28,30). The van der Waals surface area contributed by atoms with Gasteiger partial charge in [0.2, 0.25) is 5.91 Å². The zero-order valence-electron chi connectivity index (χ0n) is 20.2. The molecule has 1 N–H and O–H groups in total. The van der Waals surface area contributed by atoms with Crippen molar-refractivity contribution in [3.8, 4) is 11.5 Å². The van der Waals surface area contributed by atoms with Crippen LogP contribution in [0.3, 0.4) is 0 Å². The molecule has 3 aromatic rings. The smallest absolute Gasteiger partial charge is 0.264 e. The van der Waals surface area contributed by atoms with Crippen molar-refractivity contribution in [1.82, 2.24) is 5.32 Å². The van der Waals surface area contributed by atoms with Crippen LogP contribution < -0.4 is 19.1 Å². The number of carbonyl (C=O) groups excluding carboxylic acids is 1. The van der Waals surface area contributed by atoms with E-state index in [0.717, 1.165) is 46.0 Å². The van der Waals surface area contributed by atoms with Crippen LogP contribution in [0.2, 0.25) is 0 Å². The van der Waals surface area contributed by atoms with E-state index in [0.29, 0.717) is 11.4 Å². The van der Waals surface area contributed by atoms with Crippen molar-refractivity contribution < 1.29 is 22.7 Å². The summed E-state index contributed by atoms with van der Waals surface area (Å²) in [6.45, 7) is 1.51. The third kappa shape index (κ3) is 5.27. The minimum absolute atomic E-state index is 0.108. The van der Waals surface area contributed by atoms with Gasteiger partial charge in [-0.2, -0.15) is 0 Å². The van der Waals surface area contributed by atoms with Gasteiger partial charge in [0.25, 0.3) is 10.0 Å². The number of ether oxygens (including phenoxy) is 2. The average Bonchev–Trinajstić information content (AvgIpc) is 2.87. The van der Waals surface area contributed by atoms with Crippen molar-refractivity contribution in [2.45, 2.75) is 37.1 Å². The summed E-state index contributed by atoms with van der Waals surface area (Å²) in [5.74, 6) is 0.758. The van der Waals surface area contributed by atoms with E-state index in [2.05, 4.69) is 5.32 Å². The van der Waals surface area contributed by atoms with E-state index in [1.807, 2.05) is 25.1 Å². The third-order valence-electron chi connectivity index (χ3n) is 6.25. The highest BCUT2D eigenvalue weighted by atomic mass is 32.2. The Labute approximate surface area is 206 Å². The molecule has 1 aliphatic carbocycles. The molecule has 35 heavy (non-hydrogen) atoms. The molecule has 4 rings (SSSR count). The maximum atomic E-state index is 13.7. The molecule has 1 amide bonds. The van der Waals surface area contributed by atoms with Crippen molar-refractivity contribution in [1.29, 1.82) is 0 Å². The lowest BCUT2D eigenvalue weighted by atomic mass is 9.87. The predicted molar refractivity (Wildman–Crippen MR) is 136 cm³/mol. The zero-order valence-corrected chi connectivity index (χ0v) is 21.0. The van der Waals surface area contributed by atoms with Gasteiger partial charge < -0.3 is 14.8 Å². The number of hydrogen-bond acceptors (Lipinski definition) is 5. The summed E-state index contributed by atoms with van der Waals surface area (Å²) in [6, 6.07) is 19.0. The fourth-order valence-corrected chi connectivity index (χ4v) is 5.84. The monoisotopic (exact) mass is 494 g/mol. The van der Waals surface area contributed by atoms with Crippen molar-refractivity contribution in [3.63, 3.8) is 0 Å². The van der Waals surface area contributed by atoms with Crippen LogP contribution in [0.15, 0.2) is 71.6 Å². The van der Waals surface area contributed by atoms with Crippen LogP contribution in [-0.2, 0) is 21.2 Å². The molecule has 7 nitrogen and oxygen atoms in total. The first-order chi connectivity index (χ1) is 16.8. The molecule has 184 valence electrons. The number of carbonyl (C=O) groups is 1. The number of sulfonamides is 1. The number of para-hydroxylation sites is 2.